The molecule has 0 aliphatic carbocycles. The second-order valence-electron chi connectivity index (χ2n) is 3.39. The number of nitro groups is 1. The molecule has 0 bridgehead atoms. The van der Waals surface area contributed by atoms with Gasteiger partial charge in [0.15, 0.2) is 17.9 Å². The van der Waals surface area contributed by atoms with Crippen molar-refractivity contribution in [1.82, 2.24) is 9.97 Å². The lowest BCUT2D eigenvalue weighted by atomic mass is 10.3. The van der Waals surface area contributed by atoms with Gasteiger partial charge in [0.1, 0.15) is 0 Å². The molecule has 19 heavy (non-hydrogen) atoms. The zero-order valence-electron chi connectivity index (χ0n) is 9.32. The topological polar surface area (TPSA) is 95.2 Å². The number of nitro benzene ring substituents is 1. The molecule has 0 N–H and O–H groups in total. The first-order valence-corrected chi connectivity index (χ1v) is 4.99. The van der Waals surface area contributed by atoms with Gasteiger partial charge in [-0.15, -0.1) is 0 Å². The maximum absolute atomic E-state index is 13.5. The summed E-state index contributed by atoms with van der Waals surface area (Å²) >= 11 is 0. The highest BCUT2D eigenvalue weighted by Gasteiger charge is 2.13. The Morgan fingerprint density at radius 2 is 2.00 bits per heavy atom. The molecule has 96 valence electrons. The first kappa shape index (κ1) is 12.6. The number of benzene rings is 1. The molecule has 1 aromatic heterocycles. The van der Waals surface area contributed by atoms with E-state index in [1.807, 2.05) is 0 Å². The smallest absolute Gasteiger partial charge is 0.322 e. The normalized spacial score (nSPS) is 9.95. The van der Waals surface area contributed by atoms with Gasteiger partial charge in [-0.25, -0.2) is 14.4 Å². The summed E-state index contributed by atoms with van der Waals surface area (Å²) in [5, 5.41) is 10.4. The minimum absolute atomic E-state index is 0.168. The van der Waals surface area contributed by atoms with E-state index in [4.69, 9.17) is 4.74 Å². The molecule has 0 aliphatic heterocycles. The van der Waals surface area contributed by atoms with Crippen LogP contribution >= 0.6 is 0 Å². The number of aromatic nitrogens is 2. The highest BCUT2D eigenvalue weighted by molar-refractivity contribution is 5.73. The Morgan fingerprint density at radius 3 is 2.53 bits per heavy atom. The molecule has 1 heterocycles. The van der Waals surface area contributed by atoms with Crippen molar-refractivity contribution >= 4 is 12.0 Å². The standard InChI is InChI=1S/C11H6FN3O4/c12-9-3-8(15(17)18)1-2-10(9)19-11-13-4-7(6-16)5-14-11/h1-6H. The van der Waals surface area contributed by atoms with E-state index in [0.29, 0.717) is 6.29 Å². The fourth-order valence-corrected chi connectivity index (χ4v) is 1.22. The van der Waals surface area contributed by atoms with Crippen molar-refractivity contribution in [3.8, 4) is 11.8 Å². The van der Waals surface area contributed by atoms with Gasteiger partial charge >= 0.3 is 6.01 Å². The van der Waals surface area contributed by atoms with E-state index < -0.39 is 10.7 Å². The first-order valence-electron chi connectivity index (χ1n) is 4.99. The number of hydrogen-bond acceptors (Lipinski definition) is 6. The van der Waals surface area contributed by atoms with Gasteiger partial charge in [0.25, 0.3) is 5.69 Å². The fourth-order valence-electron chi connectivity index (χ4n) is 1.22. The quantitative estimate of drug-likeness (QED) is 0.476. The number of carbonyl (C=O) groups excluding carboxylic acids is 1. The molecule has 0 saturated heterocycles. The van der Waals surface area contributed by atoms with Gasteiger partial charge in [-0.3, -0.25) is 14.9 Å². The van der Waals surface area contributed by atoms with Gasteiger partial charge in [0.2, 0.25) is 0 Å². The van der Waals surface area contributed by atoms with Crippen LogP contribution < -0.4 is 4.74 Å². The molecule has 0 radical (unpaired) electrons. The number of rotatable bonds is 4. The second-order valence-corrected chi connectivity index (χ2v) is 3.39. The molecule has 2 rings (SSSR count). The number of carbonyl (C=O) groups is 1. The number of non-ortho nitro benzene ring substituents is 1. The number of nitrogens with zero attached hydrogens (tertiary/aromatic N) is 3. The molecule has 0 amide bonds. The zero-order valence-corrected chi connectivity index (χ0v) is 9.32. The van der Waals surface area contributed by atoms with Crippen molar-refractivity contribution in [2.45, 2.75) is 0 Å². The van der Waals surface area contributed by atoms with Crippen LogP contribution in [0, 0.1) is 15.9 Å². The van der Waals surface area contributed by atoms with E-state index in [2.05, 4.69) is 9.97 Å². The van der Waals surface area contributed by atoms with E-state index in [9.17, 15) is 19.3 Å². The summed E-state index contributed by atoms with van der Waals surface area (Å²) < 4.78 is 18.5. The average molecular weight is 263 g/mol. The van der Waals surface area contributed by atoms with E-state index in [1.54, 1.807) is 0 Å². The van der Waals surface area contributed by atoms with Gasteiger partial charge in [0, 0.05) is 18.5 Å². The van der Waals surface area contributed by atoms with Crippen LogP contribution in [0.25, 0.3) is 0 Å². The summed E-state index contributed by atoms with van der Waals surface area (Å²) in [4.78, 5) is 27.5. The Balaban J connectivity index is 2.22. The summed E-state index contributed by atoms with van der Waals surface area (Å²) in [5.74, 6) is -1.15. The van der Waals surface area contributed by atoms with Crippen molar-refractivity contribution in [2.24, 2.45) is 0 Å². The second kappa shape index (κ2) is 5.17. The van der Waals surface area contributed by atoms with Gasteiger partial charge in [-0.2, -0.15) is 0 Å². The summed E-state index contributed by atoms with van der Waals surface area (Å²) in [6, 6.07) is 2.76. The summed E-state index contributed by atoms with van der Waals surface area (Å²) in [6.45, 7) is 0. The number of aldehydes is 1. The van der Waals surface area contributed by atoms with Crippen LogP contribution in [0.5, 0.6) is 11.8 Å². The summed E-state index contributed by atoms with van der Waals surface area (Å²) in [7, 11) is 0. The van der Waals surface area contributed by atoms with Crippen molar-refractivity contribution in [1.29, 1.82) is 0 Å². The van der Waals surface area contributed by atoms with E-state index in [0.717, 1.165) is 18.2 Å². The largest absolute Gasteiger partial charge is 0.421 e. The molecule has 0 fully saturated rings. The van der Waals surface area contributed by atoms with Crippen LogP contribution in [0.3, 0.4) is 0 Å². The van der Waals surface area contributed by atoms with Gasteiger partial charge < -0.3 is 4.74 Å². The van der Waals surface area contributed by atoms with Crippen LogP contribution in [-0.2, 0) is 0 Å². The molecule has 0 spiro atoms. The number of hydrogen-bond donors (Lipinski definition) is 0. The molecule has 8 heteroatoms. The summed E-state index contributed by atoms with van der Waals surface area (Å²) in [6.07, 6.45) is 2.97. The molecular weight excluding hydrogens is 257 g/mol. The lowest BCUT2D eigenvalue weighted by molar-refractivity contribution is -0.385. The molecule has 7 nitrogen and oxygen atoms in total. The molecular formula is C11H6FN3O4. The molecule has 0 saturated carbocycles. The average Bonchev–Trinajstić information content (AvgIpc) is 2.41. The first-order chi connectivity index (χ1) is 9.10. The van der Waals surface area contributed by atoms with E-state index in [-0.39, 0.29) is 23.0 Å². The highest BCUT2D eigenvalue weighted by atomic mass is 19.1. The fraction of sp³-hybridized carbons (Fsp3) is 0. The zero-order chi connectivity index (χ0) is 13.8. The number of ether oxygens (including phenoxy) is 1. The van der Waals surface area contributed by atoms with Crippen LogP contribution in [0.2, 0.25) is 0 Å². The maximum atomic E-state index is 13.5. The lowest BCUT2D eigenvalue weighted by Gasteiger charge is -2.04. The number of halogens is 1. The Labute approximate surface area is 105 Å². The van der Waals surface area contributed by atoms with Crippen molar-refractivity contribution in [3.63, 3.8) is 0 Å². The van der Waals surface area contributed by atoms with Crippen LogP contribution in [0.1, 0.15) is 10.4 Å². The van der Waals surface area contributed by atoms with Crippen LogP contribution in [-0.4, -0.2) is 21.2 Å². The Kier molecular flexibility index (Phi) is 3.42. The maximum Gasteiger partial charge on any atom is 0.322 e. The van der Waals surface area contributed by atoms with Gasteiger partial charge in [-0.1, -0.05) is 0 Å². The third-order valence-corrected chi connectivity index (χ3v) is 2.11. The molecule has 0 aliphatic rings. The van der Waals surface area contributed by atoms with Crippen molar-refractivity contribution in [2.75, 3.05) is 0 Å². The predicted octanol–water partition coefficient (Wildman–Crippen LogP) is 2.13. The third-order valence-electron chi connectivity index (χ3n) is 2.11. The predicted molar refractivity (Wildman–Crippen MR) is 60.5 cm³/mol. The summed E-state index contributed by atoms with van der Waals surface area (Å²) in [5.41, 5.74) is -0.140. The Bertz CT molecular complexity index is 630. The van der Waals surface area contributed by atoms with Crippen LogP contribution in [0.15, 0.2) is 30.6 Å². The monoisotopic (exact) mass is 263 g/mol. The van der Waals surface area contributed by atoms with Crippen molar-refractivity contribution in [3.05, 3.63) is 52.1 Å². The Hall–Kier alpha value is -2.90. The minimum atomic E-state index is -0.905. The lowest BCUT2D eigenvalue weighted by Crippen LogP contribution is -1.96. The Morgan fingerprint density at radius 1 is 1.32 bits per heavy atom. The third kappa shape index (κ3) is 2.86. The van der Waals surface area contributed by atoms with E-state index >= 15 is 0 Å². The van der Waals surface area contributed by atoms with Crippen molar-refractivity contribution < 1.29 is 18.8 Å². The minimum Gasteiger partial charge on any atom is -0.421 e. The van der Waals surface area contributed by atoms with E-state index in [1.165, 1.54) is 12.4 Å². The van der Waals surface area contributed by atoms with Gasteiger partial charge in [-0.05, 0) is 6.07 Å². The molecule has 0 atom stereocenters. The van der Waals surface area contributed by atoms with Crippen LogP contribution in [0.4, 0.5) is 10.1 Å². The molecule has 1 aromatic carbocycles. The SMILES string of the molecule is O=Cc1cnc(Oc2ccc([N+](=O)[O-])cc2F)nc1. The molecule has 2 aromatic rings. The van der Waals surface area contributed by atoms with Gasteiger partial charge in [0.05, 0.1) is 16.6 Å². The highest BCUT2D eigenvalue weighted by Crippen LogP contribution is 2.25. The molecule has 0 unspecified atom stereocenters.